The molecule has 0 spiro atoms. The van der Waals surface area contributed by atoms with E-state index >= 15 is 0 Å². The molecule has 0 radical (unpaired) electrons. The number of Topliss-reactive ketones (excluding diaryl/α,β-unsaturated/α-hetero) is 1. The van der Waals surface area contributed by atoms with E-state index in [1.807, 2.05) is 54.0 Å². The molecule has 0 aliphatic heterocycles. The molecule has 5 nitrogen and oxygen atoms in total. The van der Waals surface area contributed by atoms with Crippen molar-refractivity contribution in [2.24, 2.45) is 0 Å². The Labute approximate surface area is 152 Å². The van der Waals surface area contributed by atoms with Gasteiger partial charge < -0.3 is 9.88 Å². The van der Waals surface area contributed by atoms with Crippen LogP contribution in [0.2, 0.25) is 0 Å². The largest absolute Gasteiger partial charge is 0.343 e. The Morgan fingerprint density at radius 1 is 1.12 bits per heavy atom. The third-order valence-corrected chi connectivity index (χ3v) is 4.20. The van der Waals surface area contributed by atoms with Crippen LogP contribution in [0.15, 0.2) is 66.7 Å². The second-order valence-electron chi connectivity index (χ2n) is 6.31. The topological polar surface area (TPSA) is 64.0 Å². The number of ketones is 1. The van der Waals surface area contributed by atoms with E-state index in [9.17, 15) is 9.59 Å². The van der Waals surface area contributed by atoms with Crippen molar-refractivity contribution in [3.63, 3.8) is 0 Å². The van der Waals surface area contributed by atoms with E-state index in [2.05, 4.69) is 16.9 Å². The van der Waals surface area contributed by atoms with Gasteiger partial charge in [-0.05, 0) is 26.0 Å². The average molecular weight is 347 g/mol. The Morgan fingerprint density at radius 2 is 1.77 bits per heavy atom. The van der Waals surface area contributed by atoms with Gasteiger partial charge in [0.2, 0.25) is 5.91 Å². The lowest BCUT2D eigenvalue weighted by Gasteiger charge is -2.16. The molecule has 1 aromatic heterocycles. The monoisotopic (exact) mass is 347 g/mol. The first-order valence-corrected chi connectivity index (χ1v) is 8.47. The van der Waals surface area contributed by atoms with Crippen LogP contribution < -0.4 is 5.32 Å². The zero-order valence-corrected chi connectivity index (χ0v) is 14.9. The normalized spacial score (nSPS) is 11.9. The number of imidazole rings is 1. The highest BCUT2D eigenvalue weighted by Gasteiger charge is 2.20. The Kier molecular flexibility index (Phi) is 4.98. The molecule has 26 heavy (non-hydrogen) atoms. The van der Waals surface area contributed by atoms with Crippen LogP contribution >= 0.6 is 0 Å². The first-order chi connectivity index (χ1) is 12.5. The molecule has 3 aromatic rings. The van der Waals surface area contributed by atoms with Crippen LogP contribution in [0.1, 0.15) is 36.1 Å². The molecule has 132 valence electrons. The number of amides is 1. The Bertz CT molecular complexity index is 973. The van der Waals surface area contributed by atoms with Gasteiger partial charge in [0.05, 0.1) is 23.6 Å². The highest BCUT2D eigenvalue weighted by molar-refractivity contribution is 5.96. The molecule has 0 bridgehead atoms. The van der Waals surface area contributed by atoms with Gasteiger partial charge in [-0.2, -0.15) is 0 Å². The second kappa shape index (κ2) is 7.35. The van der Waals surface area contributed by atoms with Crippen LogP contribution in [-0.4, -0.2) is 21.2 Å². The molecule has 3 rings (SSSR count). The summed E-state index contributed by atoms with van der Waals surface area (Å²) in [6.07, 6.45) is 0. The standard InChI is InChI=1S/C21H21N3O2/c1-14(2)21(26)22-15(3)20-23-17-11-7-8-12-18(17)24(20)13-19(25)16-9-5-4-6-10-16/h4-12,15H,1,13H2,2-3H3,(H,22,26). The molecule has 1 unspecified atom stereocenters. The molecule has 1 N–H and O–H groups in total. The number of hydrogen-bond acceptors (Lipinski definition) is 3. The van der Waals surface area contributed by atoms with Crippen LogP contribution in [0.25, 0.3) is 11.0 Å². The highest BCUT2D eigenvalue weighted by atomic mass is 16.1. The number of carbonyl (C=O) groups is 2. The molecular weight excluding hydrogens is 326 g/mol. The van der Waals surface area contributed by atoms with E-state index in [0.717, 1.165) is 11.0 Å². The molecule has 1 heterocycles. The predicted molar refractivity (Wildman–Crippen MR) is 102 cm³/mol. The number of rotatable bonds is 6. The summed E-state index contributed by atoms with van der Waals surface area (Å²) in [7, 11) is 0. The molecule has 0 fully saturated rings. The maximum Gasteiger partial charge on any atom is 0.246 e. The summed E-state index contributed by atoms with van der Waals surface area (Å²) in [4.78, 5) is 29.3. The minimum atomic E-state index is -0.352. The number of aromatic nitrogens is 2. The quantitative estimate of drug-likeness (QED) is 0.546. The number of hydrogen-bond donors (Lipinski definition) is 1. The van der Waals surface area contributed by atoms with Crippen molar-refractivity contribution < 1.29 is 9.59 Å². The molecule has 0 saturated carbocycles. The van der Waals surface area contributed by atoms with Crippen molar-refractivity contribution in [2.75, 3.05) is 0 Å². The number of para-hydroxylation sites is 2. The van der Waals surface area contributed by atoms with E-state index in [-0.39, 0.29) is 24.3 Å². The fourth-order valence-electron chi connectivity index (χ4n) is 2.83. The van der Waals surface area contributed by atoms with Gasteiger partial charge in [-0.25, -0.2) is 4.98 Å². The third-order valence-electron chi connectivity index (χ3n) is 4.20. The smallest absolute Gasteiger partial charge is 0.246 e. The van der Waals surface area contributed by atoms with Gasteiger partial charge >= 0.3 is 0 Å². The van der Waals surface area contributed by atoms with Crippen LogP contribution in [0.3, 0.4) is 0 Å². The predicted octanol–water partition coefficient (Wildman–Crippen LogP) is 3.67. The lowest BCUT2D eigenvalue weighted by atomic mass is 10.1. The number of nitrogens with one attached hydrogen (secondary N) is 1. The van der Waals surface area contributed by atoms with E-state index in [1.54, 1.807) is 19.1 Å². The lowest BCUT2D eigenvalue weighted by Crippen LogP contribution is -2.29. The van der Waals surface area contributed by atoms with Crippen molar-refractivity contribution in [1.82, 2.24) is 14.9 Å². The summed E-state index contributed by atoms with van der Waals surface area (Å²) in [5, 5.41) is 2.88. The van der Waals surface area contributed by atoms with Crippen LogP contribution in [0.5, 0.6) is 0 Å². The molecule has 1 amide bonds. The summed E-state index contributed by atoms with van der Waals surface area (Å²) in [6.45, 7) is 7.33. The van der Waals surface area contributed by atoms with Gasteiger partial charge in [-0.1, -0.05) is 49.0 Å². The zero-order chi connectivity index (χ0) is 18.7. The summed E-state index contributed by atoms with van der Waals surface area (Å²) < 4.78 is 1.87. The van der Waals surface area contributed by atoms with Crippen molar-refractivity contribution in [3.8, 4) is 0 Å². The Balaban J connectivity index is 1.98. The first kappa shape index (κ1) is 17.6. The van der Waals surface area contributed by atoms with Crippen molar-refractivity contribution in [2.45, 2.75) is 26.4 Å². The summed E-state index contributed by atoms with van der Waals surface area (Å²) in [6, 6.07) is 16.5. The van der Waals surface area contributed by atoms with Crippen LogP contribution in [0, 0.1) is 0 Å². The Morgan fingerprint density at radius 3 is 2.46 bits per heavy atom. The first-order valence-electron chi connectivity index (χ1n) is 8.47. The van der Waals surface area contributed by atoms with Crippen molar-refractivity contribution in [1.29, 1.82) is 0 Å². The van der Waals surface area contributed by atoms with Crippen LogP contribution in [0.4, 0.5) is 0 Å². The van der Waals surface area contributed by atoms with E-state index < -0.39 is 0 Å². The molecule has 0 saturated heterocycles. The van der Waals surface area contributed by atoms with Crippen LogP contribution in [-0.2, 0) is 11.3 Å². The van der Waals surface area contributed by atoms with Gasteiger partial charge in [0.15, 0.2) is 5.78 Å². The molecular formula is C21H21N3O2. The molecule has 0 aliphatic rings. The van der Waals surface area contributed by atoms with Crippen molar-refractivity contribution in [3.05, 3.63) is 78.1 Å². The maximum absolute atomic E-state index is 12.7. The van der Waals surface area contributed by atoms with E-state index in [4.69, 9.17) is 0 Å². The summed E-state index contributed by atoms with van der Waals surface area (Å²) in [5.74, 6) is 0.406. The Hall–Kier alpha value is -3.21. The average Bonchev–Trinajstić information content (AvgIpc) is 3.01. The summed E-state index contributed by atoms with van der Waals surface area (Å²) >= 11 is 0. The summed E-state index contributed by atoms with van der Waals surface area (Å²) in [5.41, 5.74) is 2.73. The molecule has 1 atom stereocenters. The van der Waals surface area contributed by atoms with E-state index in [0.29, 0.717) is 17.0 Å². The highest BCUT2D eigenvalue weighted by Crippen LogP contribution is 2.22. The molecule has 5 heteroatoms. The third kappa shape index (κ3) is 3.57. The molecule has 2 aromatic carbocycles. The molecule has 0 aliphatic carbocycles. The van der Waals surface area contributed by atoms with Gasteiger partial charge in [-0.3, -0.25) is 9.59 Å². The van der Waals surface area contributed by atoms with Gasteiger partial charge in [0.25, 0.3) is 0 Å². The van der Waals surface area contributed by atoms with Gasteiger partial charge in [0.1, 0.15) is 5.82 Å². The number of carbonyl (C=O) groups excluding carboxylic acids is 2. The minimum Gasteiger partial charge on any atom is -0.343 e. The number of nitrogens with zero attached hydrogens (tertiary/aromatic N) is 2. The number of fused-ring (bicyclic) bond motifs is 1. The minimum absolute atomic E-state index is 0.00608. The fourth-order valence-corrected chi connectivity index (χ4v) is 2.83. The van der Waals surface area contributed by atoms with Gasteiger partial charge in [-0.15, -0.1) is 0 Å². The van der Waals surface area contributed by atoms with E-state index in [1.165, 1.54) is 0 Å². The number of benzene rings is 2. The van der Waals surface area contributed by atoms with Crippen molar-refractivity contribution >= 4 is 22.7 Å². The zero-order valence-electron chi connectivity index (χ0n) is 14.9. The fraction of sp³-hybridized carbons (Fsp3) is 0.190. The van der Waals surface area contributed by atoms with Gasteiger partial charge in [0, 0.05) is 11.1 Å². The SMILES string of the molecule is C=C(C)C(=O)NC(C)c1nc2ccccc2n1CC(=O)c1ccccc1. The maximum atomic E-state index is 12.7. The second-order valence-corrected chi connectivity index (χ2v) is 6.31. The lowest BCUT2D eigenvalue weighted by molar-refractivity contribution is -0.118.